The van der Waals surface area contributed by atoms with Gasteiger partial charge in [0.15, 0.2) is 11.8 Å². The van der Waals surface area contributed by atoms with E-state index in [0.717, 1.165) is 6.07 Å². The lowest BCUT2D eigenvalue weighted by Crippen LogP contribution is -2.32. The molecule has 0 heterocycles. The van der Waals surface area contributed by atoms with Gasteiger partial charge in [-0.1, -0.05) is 31.9 Å². The van der Waals surface area contributed by atoms with Crippen molar-refractivity contribution in [3.63, 3.8) is 0 Å². The van der Waals surface area contributed by atoms with Gasteiger partial charge in [0.2, 0.25) is 0 Å². The van der Waals surface area contributed by atoms with Crippen LogP contribution in [0.3, 0.4) is 0 Å². The molecule has 0 saturated carbocycles. The topological polar surface area (TPSA) is 191 Å². The second-order valence-corrected chi connectivity index (χ2v) is 9.22. The molecule has 1 rings (SSSR count). The van der Waals surface area contributed by atoms with Crippen molar-refractivity contribution in [1.82, 2.24) is 0 Å². The van der Waals surface area contributed by atoms with E-state index in [0.29, 0.717) is 6.07 Å². The molecule has 0 fully saturated rings. The Morgan fingerprint density at radius 2 is 0.921 bits per heavy atom. The SMILES string of the molecule is CCOC(=O)C(C(=O)OCC)[C@H](Br)c1cc([C@H](Br)C(C(=O)OCC)C(=O)OCC)c([N+](=O)[O-])cc1[N+](=O)[O-]. The van der Waals surface area contributed by atoms with Crippen LogP contribution in [0, 0.1) is 32.1 Å². The van der Waals surface area contributed by atoms with Crippen LogP contribution in [0.1, 0.15) is 48.5 Å². The van der Waals surface area contributed by atoms with Gasteiger partial charge in [-0.25, -0.2) is 0 Å². The number of halogens is 2. The molecule has 0 saturated heterocycles. The fraction of sp³-hybridized carbons (Fsp3) is 0.545. The van der Waals surface area contributed by atoms with E-state index in [2.05, 4.69) is 31.9 Å². The van der Waals surface area contributed by atoms with Crippen LogP contribution >= 0.6 is 31.9 Å². The first-order chi connectivity index (χ1) is 17.9. The third kappa shape index (κ3) is 7.93. The maximum absolute atomic E-state index is 12.6. The highest BCUT2D eigenvalue weighted by Gasteiger charge is 2.44. The molecule has 2 atom stereocenters. The predicted octanol–water partition coefficient (Wildman–Crippen LogP) is 3.86. The normalized spacial score (nSPS) is 12.4. The minimum absolute atomic E-state index is 0.119. The zero-order chi connectivity index (χ0) is 29.2. The van der Waals surface area contributed by atoms with Crippen molar-refractivity contribution >= 4 is 67.1 Å². The number of esters is 4. The summed E-state index contributed by atoms with van der Waals surface area (Å²) in [6, 6.07) is 1.56. The highest BCUT2D eigenvalue weighted by Crippen LogP contribution is 2.46. The Labute approximate surface area is 233 Å². The van der Waals surface area contributed by atoms with Gasteiger partial charge in [0, 0.05) is 11.1 Å². The first kappa shape index (κ1) is 32.9. The Morgan fingerprint density at radius 1 is 0.658 bits per heavy atom. The summed E-state index contributed by atoms with van der Waals surface area (Å²) in [6.07, 6.45) is 0. The van der Waals surface area contributed by atoms with Crippen molar-refractivity contribution in [1.29, 1.82) is 0 Å². The monoisotopic (exact) mass is 668 g/mol. The molecule has 16 heteroatoms. The number of benzene rings is 1. The van der Waals surface area contributed by atoms with Crippen LogP contribution in [0.15, 0.2) is 12.1 Å². The summed E-state index contributed by atoms with van der Waals surface area (Å²) in [4.78, 5) is 69.5. The Bertz CT molecular complexity index is 965. The molecule has 0 N–H and O–H groups in total. The molecule has 0 aliphatic rings. The minimum atomic E-state index is -1.73. The van der Waals surface area contributed by atoms with E-state index in [9.17, 15) is 39.4 Å². The fourth-order valence-electron chi connectivity index (χ4n) is 3.33. The number of hydrogen-bond acceptors (Lipinski definition) is 12. The van der Waals surface area contributed by atoms with Gasteiger partial charge in [0.1, 0.15) is 0 Å². The van der Waals surface area contributed by atoms with Crippen molar-refractivity contribution in [3.05, 3.63) is 43.5 Å². The quantitative estimate of drug-likeness (QED) is 0.0695. The molecular formula is C22H26Br2N2O12. The van der Waals surface area contributed by atoms with Gasteiger partial charge in [-0.05, 0) is 33.8 Å². The Balaban J connectivity index is 3.92. The van der Waals surface area contributed by atoms with Crippen molar-refractivity contribution < 1.29 is 48.0 Å². The zero-order valence-corrected chi connectivity index (χ0v) is 24.0. The van der Waals surface area contributed by atoms with Gasteiger partial charge in [-0.3, -0.25) is 39.4 Å². The molecule has 38 heavy (non-hydrogen) atoms. The van der Waals surface area contributed by atoms with Gasteiger partial charge in [-0.2, -0.15) is 0 Å². The standard InChI is InChI=1S/C22H26Br2N2O12/c1-5-35-19(27)15(20(28)36-6-2)17(23)11-9-12(14(26(33)34)10-13(11)25(31)32)18(24)16(21(29)37-7-3)22(30)38-8-4/h9-10,15-18H,5-8H2,1-4H3/t17-,18+. The molecule has 0 unspecified atom stereocenters. The fourth-order valence-corrected chi connectivity index (χ4v) is 4.92. The predicted molar refractivity (Wildman–Crippen MR) is 137 cm³/mol. The van der Waals surface area contributed by atoms with Crippen LogP contribution in [-0.2, 0) is 38.1 Å². The number of nitro groups is 2. The second kappa shape index (κ2) is 15.3. The highest BCUT2D eigenvalue weighted by atomic mass is 79.9. The molecule has 0 aromatic heterocycles. The Kier molecular flexibility index (Phi) is 13.3. The minimum Gasteiger partial charge on any atom is -0.465 e. The lowest BCUT2D eigenvalue weighted by Gasteiger charge is -2.23. The van der Waals surface area contributed by atoms with E-state index >= 15 is 0 Å². The summed E-state index contributed by atoms with van der Waals surface area (Å²) in [5.41, 5.74) is -2.33. The Hall–Kier alpha value is -3.14. The van der Waals surface area contributed by atoms with Gasteiger partial charge in [0.25, 0.3) is 11.4 Å². The second-order valence-electron chi connectivity index (χ2n) is 7.25. The van der Waals surface area contributed by atoms with E-state index in [1.165, 1.54) is 27.7 Å². The van der Waals surface area contributed by atoms with E-state index in [4.69, 9.17) is 18.9 Å². The average molecular weight is 670 g/mol. The van der Waals surface area contributed by atoms with Crippen LogP contribution < -0.4 is 0 Å². The van der Waals surface area contributed by atoms with Gasteiger partial charge in [-0.15, -0.1) is 0 Å². The molecule has 0 aliphatic heterocycles. The summed E-state index contributed by atoms with van der Waals surface area (Å²) >= 11 is 6.26. The maximum atomic E-state index is 12.6. The van der Waals surface area contributed by atoms with Crippen LogP contribution in [-0.4, -0.2) is 60.2 Å². The summed E-state index contributed by atoms with van der Waals surface area (Å²) in [7, 11) is 0. The molecule has 1 aromatic carbocycles. The van der Waals surface area contributed by atoms with Crippen LogP contribution in [0.2, 0.25) is 0 Å². The average Bonchev–Trinajstić information content (AvgIpc) is 2.83. The first-order valence-electron chi connectivity index (χ1n) is 11.3. The number of hydrogen-bond donors (Lipinski definition) is 0. The third-order valence-electron chi connectivity index (χ3n) is 4.91. The lowest BCUT2D eigenvalue weighted by molar-refractivity contribution is -0.395. The zero-order valence-electron chi connectivity index (χ0n) is 20.8. The van der Waals surface area contributed by atoms with Crippen LogP contribution in [0.5, 0.6) is 0 Å². The van der Waals surface area contributed by atoms with E-state index in [-0.39, 0.29) is 37.6 Å². The summed E-state index contributed by atoms with van der Waals surface area (Å²) in [5.74, 6) is -7.71. The molecule has 0 bridgehead atoms. The van der Waals surface area contributed by atoms with Crippen molar-refractivity contribution in [2.45, 2.75) is 37.3 Å². The number of carbonyl (C=O) groups excluding carboxylic acids is 4. The number of ether oxygens (including phenoxy) is 4. The summed E-state index contributed by atoms with van der Waals surface area (Å²) < 4.78 is 19.7. The number of nitrogens with zero attached hydrogens (tertiary/aromatic N) is 2. The molecule has 14 nitrogen and oxygen atoms in total. The highest BCUT2D eigenvalue weighted by molar-refractivity contribution is 9.09. The largest absolute Gasteiger partial charge is 0.465 e. The number of rotatable bonds is 14. The molecule has 1 aromatic rings. The van der Waals surface area contributed by atoms with Crippen molar-refractivity contribution in [2.24, 2.45) is 11.8 Å². The maximum Gasteiger partial charge on any atom is 0.321 e. The van der Waals surface area contributed by atoms with Gasteiger partial charge < -0.3 is 18.9 Å². The molecule has 0 spiro atoms. The molecule has 210 valence electrons. The third-order valence-corrected chi connectivity index (χ3v) is 6.95. The van der Waals surface area contributed by atoms with E-state index in [1.807, 2.05) is 0 Å². The van der Waals surface area contributed by atoms with Crippen molar-refractivity contribution in [3.8, 4) is 0 Å². The molecular weight excluding hydrogens is 644 g/mol. The molecule has 0 aliphatic carbocycles. The van der Waals surface area contributed by atoms with Crippen LogP contribution in [0.25, 0.3) is 0 Å². The lowest BCUT2D eigenvalue weighted by atomic mass is 9.91. The number of carbonyl (C=O) groups is 4. The van der Waals surface area contributed by atoms with Crippen LogP contribution in [0.4, 0.5) is 11.4 Å². The van der Waals surface area contributed by atoms with Gasteiger partial charge in [0.05, 0.1) is 52.0 Å². The smallest absolute Gasteiger partial charge is 0.321 e. The summed E-state index contributed by atoms with van der Waals surface area (Å²) in [5, 5.41) is 23.8. The number of nitro benzene ring substituents is 2. The van der Waals surface area contributed by atoms with Gasteiger partial charge >= 0.3 is 23.9 Å². The number of alkyl halides is 2. The van der Waals surface area contributed by atoms with Crippen molar-refractivity contribution in [2.75, 3.05) is 26.4 Å². The van der Waals surface area contributed by atoms with E-state index in [1.54, 1.807) is 0 Å². The molecule has 0 amide bonds. The molecule has 0 radical (unpaired) electrons. The summed E-state index contributed by atoms with van der Waals surface area (Å²) in [6.45, 7) is 5.45. The van der Waals surface area contributed by atoms with E-state index < -0.39 is 66.6 Å². The first-order valence-corrected chi connectivity index (χ1v) is 13.1. The Morgan fingerprint density at radius 3 is 1.13 bits per heavy atom.